The molecular weight excluding hydrogens is 603 g/mol. The van der Waals surface area contributed by atoms with Gasteiger partial charge in [0.2, 0.25) is 0 Å². The van der Waals surface area contributed by atoms with Crippen molar-refractivity contribution in [2.45, 2.75) is 50.4 Å². The Balaban J connectivity index is 1.07. The quantitative estimate of drug-likeness (QED) is 0.163. The van der Waals surface area contributed by atoms with Gasteiger partial charge in [-0.3, -0.25) is 0 Å². The second-order valence-electron chi connectivity index (χ2n) is 15.5. The van der Waals surface area contributed by atoms with E-state index in [-0.39, 0.29) is 0 Å². The molecule has 0 aliphatic heterocycles. The maximum Gasteiger partial charge on any atom is 0.0464 e. The molecule has 0 amide bonds. The predicted molar refractivity (Wildman–Crippen MR) is 211 cm³/mol. The van der Waals surface area contributed by atoms with E-state index in [4.69, 9.17) is 0 Å². The van der Waals surface area contributed by atoms with E-state index in [1.54, 1.807) is 5.56 Å². The van der Waals surface area contributed by atoms with Crippen LogP contribution in [0.4, 0.5) is 17.1 Å². The predicted octanol–water partition coefficient (Wildman–Crippen LogP) is 13.7. The molecule has 7 aromatic rings. The molecule has 3 unspecified atom stereocenters. The van der Waals surface area contributed by atoms with Crippen molar-refractivity contribution in [3.05, 3.63) is 163 Å². The van der Waals surface area contributed by atoms with Gasteiger partial charge in [0.25, 0.3) is 0 Å². The third-order valence-corrected chi connectivity index (χ3v) is 12.7. The highest BCUT2D eigenvalue weighted by Gasteiger charge is 2.49. The number of benzene rings is 7. The summed E-state index contributed by atoms with van der Waals surface area (Å²) in [6.45, 7) is 0. The number of fused-ring (bicyclic) bond motifs is 5. The lowest BCUT2D eigenvalue weighted by Crippen LogP contribution is -2.46. The first kappa shape index (κ1) is 29.7. The summed E-state index contributed by atoms with van der Waals surface area (Å²) in [6, 6.07) is 58.8. The summed E-state index contributed by atoms with van der Waals surface area (Å²) in [5.41, 5.74) is 10.5. The Hall–Kier alpha value is -5.14. The first-order valence-electron chi connectivity index (χ1n) is 18.8. The molecule has 1 nitrogen and oxygen atoms in total. The number of rotatable bonds is 6. The Kier molecular flexibility index (Phi) is 7.15. The van der Waals surface area contributed by atoms with Crippen LogP contribution in [0, 0.1) is 17.8 Å². The number of hydrogen-bond donors (Lipinski definition) is 0. The maximum atomic E-state index is 2.55. The lowest BCUT2D eigenvalue weighted by Gasteiger charge is -2.55. The summed E-state index contributed by atoms with van der Waals surface area (Å²) >= 11 is 0. The molecule has 244 valence electrons. The van der Waals surface area contributed by atoms with Crippen molar-refractivity contribution in [1.29, 1.82) is 0 Å². The van der Waals surface area contributed by atoms with Gasteiger partial charge in [-0.25, -0.2) is 0 Å². The van der Waals surface area contributed by atoms with Crippen molar-refractivity contribution in [3.63, 3.8) is 0 Å². The van der Waals surface area contributed by atoms with Crippen molar-refractivity contribution < 1.29 is 0 Å². The molecule has 3 aliphatic carbocycles. The van der Waals surface area contributed by atoms with Crippen LogP contribution in [0.1, 0.15) is 50.5 Å². The molecule has 0 saturated heterocycles. The summed E-state index contributed by atoms with van der Waals surface area (Å²) in [5, 5.41) is 5.19. The molecule has 0 N–H and O–H groups in total. The summed E-state index contributed by atoms with van der Waals surface area (Å²) in [7, 11) is 0. The van der Waals surface area contributed by atoms with Crippen molar-refractivity contribution in [3.8, 4) is 22.3 Å². The molecule has 3 bridgehead atoms. The fourth-order valence-corrected chi connectivity index (χ4v) is 10.4. The zero-order chi connectivity index (χ0) is 33.1. The van der Waals surface area contributed by atoms with Crippen LogP contribution in [0.3, 0.4) is 0 Å². The van der Waals surface area contributed by atoms with Gasteiger partial charge in [-0.15, -0.1) is 0 Å². The Morgan fingerprint density at radius 2 is 1.14 bits per heavy atom. The monoisotopic (exact) mass is 645 g/mol. The van der Waals surface area contributed by atoms with Gasteiger partial charge < -0.3 is 4.90 Å². The zero-order valence-corrected chi connectivity index (χ0v) is 28.6. The lowest BCUT2D eigenvalue weighted by atomic mass is 9.50. The Bertz CT molecular complexity index is 2320. The molecular formula is C49H43N. The van der Waals surface area contributed by atoms with E-state index >= 15 is 0 Å². The number of anilines is 3. The molecule has 3 saturated carbocycles. The SMILES string of the molecule is c1ccc(-c2ccc(N(c3ccc(-c4cc5ccccc5c5ccccc45)cc3)c3cccc([C@]45CCC6CCC(CC6C4)C5)c3)cc2)cc1. The van der Waals surface area contributed by atoms with Gasteiger partial charge in [0.05, 0.1) is 0 Å². The molecule has 7 aromatic carbocycles. The summed E-state index contributed by atoms with van der Waals surface area (Å²) in [5.74, 6) is 2.82. The Morgan fingerprint density at radius 1 is 0.460 bits per heavy atom. The standard InChI is InChI=1S/C49H43N/c1-2-9-35(10-3-1)36-19-23-42(24-20-36)50(44-13-8-12-41(31-44)49-28-27-37-18-17-34(32-49)29-40(37)33-49)43-25-21-38(22-26-43)48-30-39-11-4-5-14-45(39)46-15-6-7-16-47(46)48/h1-16,19-26,30-31,34,37,40H,17-18,27-29,32-33H2/t34?,37?,40?,49-/m0/s1. The second kappa shape index (κ2) is 12.0. The highest BCUT2D eigenvalue weighted by molar-refractivity contribution is 6.13. The molecule has 0 aromatic heterocycles. The van der Waals surface area contributed by atoms with Crippen LogP contribution < -0.4 is 4.90 Å². The van der Waals surface area contributed by atoms with E-state index in [1.807, 2.05) is 0 Å². The second-order valence-corrected chi connectivity index (χ2v) is 15.5. The van der Waals surface area contributed by atoms with E-state index in [0.29, 0.717) is 5.41 Å². The maximum absolute atomic E-state index is 2.55. The molecule has 10 rings (SSSR count). The van der Waals surface area contributed by atoms with E-state index in [2.05, 4.69) is 163 Å². The Labute approximate surface area is 296 Å². The van der Waals surface area contributed by atoms with E-state index in [9.17, 15) is 0 Å². The smallest absolute Gasteiger partial charge is 0.0464 e. The van der Waals surface area contributed by atoms with Gasteiger partial charge >= 0.3 is 0 Å². The van der Waals surface area contributed by atoms with E-state index in [1.165, 1.54) is 106 Å². The van der Waals surface area contributed by atoms with Crippen LogP contribution in [0.5, 0.6) is 0 Å². The van der Waals surface area contributed by atoms with Crippen LogP contribution in [-0.4, -0.2) is 0 Å². The van der Waals surface area contributed by atoms with Crippen LogP contribution >= 0.6 is 0 Å². The van der Waals surface area contributed by atoms with Crippen LogP contribution in [0.2, 0.25) is 0 Å². The first-order valence-corrected chi connectivity index (χ1v) is 18.8. The van der Waals surface area contributed by atoms with Crippen LogP contribution in [0.25, 0.3) is 43.8 Å². The van der Waals surface area contributed by atoms with Gasteiger partial charge in [0.1, 0.15) is 0 Å². The topological polar surface area (TPSA) is 3.24 Å². The van der Waals surface area contributed by atoms with Crippen molar-refractivity contribution >= 4 is 38.6 Å². The van der Waals surface area contributed by atoms with Crippen molar-refractivity contribution in [1.82, 2.24) is 0 Å². The molecule has 1 heteroatoms. The highest BCUT2D eigenvalue weighted by atomic mass is 15.1. The van der Waals surface area contributed by atoms with Crippen LogP contribution in [0.15, 0.2) is 158 Å². The van der Waals surface area contributed by atoms with Crippen molar-refractivity contribution in [2.75, 3.05) is 4.90 Å². The average Bonchev–Trinajstić information content (AvgIpc) is 3.18. The van der Waals surface area contributed by atoms with E-state index in [0.717, 1.165) is 17.8 Å². The first-order chi connectivity index (χ1) is 24.7. The number of nitrogens with zero attached hydrogens (tertiary/aromatic N) is 1. The number of hydrogen-bond acceptors (Lipinski definition) is 1. The summed E-state index contributed by atoms with van der Waals surface area (Å²) in [6.07, 6.45) is 9.93. The molecule has 3 fully saturated rings. The largest absolute Gasteiger partial charge is 0.310 e. The zero-order valence-electron chi connectivity index (χ0n) is 28.6. The van der Waals surface area contributed by atoms with Gasteiger partial charge in [-0.05, 0) is 154 Å². The summed E-state index contributed by atoms with van der Waals surface area (Å²) < 4.78 is 0. The molecule has 0 heterocycles. The van der Waals surface area contributed by atoms with Gasteiger partial charge in [-0.2, -0.15) is 0 Å². The minimum atomic E-state index is 0.338. The lowest BCUT2D eigenvalue weighted by molar-refractivity contribution is 0.00965. The highest BCUT2D eigenvalue weighted by Crippen LogP contribution is 2.59. The molecule has 0 radical (unpaired) electrons. The fourth-order valence-electron chi connectivity index (χ4n) is 10.4. The van der Waals surface area contributed by atoms with Crippen LogP contribution in [-0.2, 0) is 5.41 Å². The van der Waals surface area contributed by atoms with E-state index < -0.39 is 0 Å². The third-order valence-electron chi connectivity index (χ3n) is 12.7. The summed E-state index contributed by atoms with van der Waals surface area (Å²) in [4.78, 5) is 2.48. The minimum Gasteiger partial charge on any atom is -0.310 e. The molecule has 4 atom stereocenters. The molecule has 3 aliphatic rings. The Morgan fingerprint density at radius 3 is 1.94 bits per heavy atom. The van der Waals surface area contributed by atoms with Gasteiger partial charge in [-0.1, -0.05) is 122 Å². The molecule has 0 spiro atoms. The van der Waals surface area contributed by atoms with Crippen molar-refractivity contribution in [2.24, 2.45) is 17.8 Å². The average molecular weight is 646 g/mol. The van der Waals surface area contributed by atoms with Gasteiger partial charge in [0, 0.05) is 17.1 Å². The third kappa shape index (κ3) is 5.06. The van der Waals surface area contributed by atoms with Gasteiger partial charge in [0.15, 0.2) is 0 Å². The minimum absolute atomic E-state index is 0.338. The molecule has 50 heavy (non-hydrogen) atoms. The normalized spacial score (nSPS) is 22.5. The fraction of sp³-hybridized carbons (Fsp3) is 0.224.